The molecule has 3 aromatic rings. The van der Waals surface area contributed by atoms with E-state index in [9.17, 15) is 5.26 Å². The molecule has 0 radical (unpaired) electrons. The van der Waals surface area contributed by atoms with E-state index in [1.165, 1.54) is 17.5 Å². The Balaban J connectivity index is 1.53. The lowest BCUT2D eigenvalue weighted by Crippen LogP contribution is -2.29. The van der Waals surface area contributed by atoms with Gasteiger partial charge < -0.3 is 14.4 Å². The lowest BCUT2D eigenvalue weighted by molar-refractivity contribution is 0.285. The average Bonchev–Trinajstić information content (AvgIpc) is 2.90. The third-order valence-corrected chi connectivity index (χ3v) is 7.52. The van der Waals surface area contributed by atoms with Crippen LogP contribution in [0.2, 0.25) is 5.02 Å². The van der Waals surface area contributed by atoms with E-state index in [2.05, 4.69) is 36.6 Å². The number of anilines is 1. The molecule has 0 atom stereocenters. The number of nitriles is 1. The van der Waals surface area contributed by atoms with Crippen LogP contribution < -0.4 is 14.2 Å². The fraction of sp³-hybridized carbons (Fsp3) is 0.393. The molecule has 0 bridgehead atoms. The minimum atomic E-state index is -0.408. The van der Waals surface area contributed by atoms with Crippen LogP contribution in [0.15, 0.2) is 36.4 Å². The molecule has 2 aromatic carbocycles. The number of nitrogens with zero attached hydrogens (tertiary/aromatic N) is 4. The number of benzene rings is 2. The predicted molar refractivity (Wildman–Crippen MR) is 154 cm³/mol. The molecule has 1 aliphatic rings. The summed E-state index contributed by atoms with van der Waals surface area (Å²) in [6.45, 7) is 6.61. The second-order valence-electron chi connectivity index (χ2n) is 9.64. The summed E-state index contributed by atoms with van der Waals surface area (Å²) in [5.41, 5.74) is 5.10. The fourth-order valence-corrected chi connectivity index (χ4v) is 5.13. The van der Waals surface area contributed by atoms with Crippen LogP contribution in [0.3, 0.4) is 0 Å². The molecule has 200 valence electrons. The van der Waals surface area contributed by atoms with Gasteiger partial charge in [-0.2, -0.15) is 5.26 Å². The highest BCUT2D eigenvalue weighted by Crippen LogP contribution is 2.38. The van der Waals surface area contributed by atoms with E-state index >= 15 is 0 Å². The van der Waals surface area contributed by atoms with Crippen molar-refractivity contribution in [1.29, 1.82) is 5.26 Å². The Hall–Kier alpha value is -2.70. The lowest BCUT2D eigenvalue weighted by atomic mass is 9.77. The first-order chi connectivity index (χ1) is 18.3. The molecule has 0 amide bonds. The smallest absolute Gasteiger partial charge is 0.233 e. The Morgan fingerprint density at radius 3 is 2.61 bits per heavy atom. The van der Waals surface area contributed by atoms with Gasteiger partial charge >= 0.3 is 0 Å². The number of fused-ring (bicyclic) bond motifs is 1. The van der Waals surface area contributed by atoms with Crippen LogP contribution in [0.1, 0.15) is 47.5 Å². The number of halogens is 2. The number of ether oxygens (including phenoxy) is 2. The van der Waals surface area contributed by atoms with Crippen molar-refractivity contribution in [3.8, 4) is 17.6 Å². The molecule has 1 aliphatic heterocycles. The summed E-state index contributed by atoms with van der Waals surface area (Å²) < 4.78 is 14.9. The van der Waals surface area contributed by atoms with E-state index in [4.69, 9.17) is 42.6 Å². The van der Waals surface area contributed by atoms with Gasteiger partial charge in [0.1, 0.15) is 25.0 Å². The summed E-state index contributed by atoms with van der Waals surface area (Å²) in [5, 5.41) is 10.1. The molecule has 2 heterocycles. The van der Waals surface area contributed by atoms with Crippen molar-refractivity contribution in [1.82, 2.24) is 14.9 Å². The van der Waals surface area contributed by atoms with Gasteiger partial charge in [0.15, 0.2) is 5.75 Å². The molecule has 7 nitrogen and oxygen atoms in total. The second kappa shape index (κ2) is 12.4. The standard InChI is InChI=1S/C28H31Cl2N5O2S/c1-28(2,20-13-18(15-31)26(23(30)14-20)36-12-10-29)19-5-7-21(8-6-19)37-17-25-22-9-11-35(3)16-24(22)32-27(33-25)34-38-4/h5-8,13-14H,9-12,16-17H2,1-4H3,(H,32,33,34). The summed E-state index contributed by atoms with van der Waals surface area (Å²) in [5.74, 6) is 2.05. The van der Waals surface area contributed by atoms with E-state index in [1.807, 2.05) is 42.7 Å². The first kappa shape index (κ1) is 28.3. The second-order valence-corrected chi connectivity index (χ2v) is 11.0. The maximum Gasteiger partial charge on any atom is 0.233 e. The Labute approximate surface area is 238 Å². The normalized spacial score (nSPS) is 13.5. The van der Waals surface area contributed by atoms with Crippen molar-refractivity contribution in [3.05, 3.63) is 75.1 Å². The zero-order valence-electron chi connectivity index (χ0n) is 22.0. The van der Waals surface area contributed by atoms with E-state index in [-0.39, 0.29) is 6.61 Å². The largest absolute Gasteiger partial charge is 0.489 e. The number of hydrogen-bond acceptors (Lipinski definition) is 8. The zero-order chi connectivity index (χ0) is 27.3. The Morgan fingerprint density at radius 2 is 1.92 bits per heavy atom. The van der Waals surface area contributed by atoms with Gasteiger partial charge in [-0.25, -0.2) is 9.97 Å². The Morgan fingerprint density at radius 1 is 1.16 bits per heavy atom. The number of likely N-dealkylation sites (N-methyl/N-ethyl adjacent to an activating group) is 1. The first-order valence-electron chi connectivity index (χ1n) is 12.3. The molecule has 0 saturated carbocycles. The van der Waals surface area contributed by atoms with Gasteiger partial charge in [-0.1, -0.05) is 49.5 Å². The van der Waals surface area contributed by atoms with Gasteiger partial charge in [0.2, 0.25) is 5.95 Å². The van der Waals surface area contributed by atoms with Crippen LogP contribution in [-0.4, -0.2) is 47.2 Å². The highest BCUT2D eigenvalue weighted by atomic mass is 35.5. The van der Waals surface area contributed by atoms with Crippen molar-refractivity contribution in [2.45, 2.75) is 38.8 Å². The van der Waals surface area contributed by atoms with Crippen LogP contribution in [0, 0.1) is 11.3 Å². The molecule has 0 unspecified atom stereocenters. The number of rotatable bonds is 10. The lowest BCUT2D eigenvalue weighted by Gasteiger charge is -2.27. The third kappa shape index (κ3) is 6.29. The summed E-state index contributed by atoms with van der Waals surface area (Å²) in [4.78, 5) is 11.7. The molecule has 1 aromatic heterocycles. The van der Waals surface area contributed by atoms with E-state index < -0.39 is 5.41 Å². The Kier molecular flexibility index (Phi) is 9.27. The molecule has 38 heavy (non-hydrogen) atoms. The summed E-state index contributed by atoms with van der Waals surface area (Å²) in [6, 6.07) is 13.9. The topological polar surface area (TPSA) is 83.3 Å². The minimum Gasteiger partial charge on any atom is -0.489 e. The number of nitrogens with one attached hydrogen (secondary N) is 1. The monoisotopic (exact) mass is 571 g/mol. The van der Waals surface area contributed by atoms with Crippen LogP contribution in [-0.2, 0) is 25.0 Å². The van der Waals surface area contributed by atoms with Crippen molar-refractivity contribution in [2.75, 3.05) is 37.1 Å². The third-order valence-electron chi connectivity index (χ3n) is 6.70. The minimum absolute atomic E-state index is 0.282. The molecular weight excluding hydrogens is 541 g/mol. The maximum absolute atomic E-state index is 9.67. The molecule has 0 saturated heterocycles. The van der Waals surface area contributed by atoms with Crippen LogP contribution >= 0.6 is 35.1 Å². The molecule has 4 rings (SSSR count). The number of hydrogen-bond donors (Lipinski definition) is 1. The van der Waals surface area contributed by atoms with Gasteiger partial charge in [0.25, 0.3) is 0 Å². The van der Waals surface area contributed by atoms with Gasteiger partial charge in [-0.15, -0.1) is 11.6 Å². The fourth-order valence-electron chi connectivity index (χ4n) is 4.51. The average molecular weight is 573 g/mol. The number of alkyl halides is 1. The molecule has 0 fully saturated rings. The Bertz CT molecular complexity index is 1330. The van der Waals surface area contributed by atoms with Gasteiger partial charge in [-0.05, 0) is 48.9 Å². The van der Waals surface area contributed by atoms with Crippen LogP contribution in [0.5, 0.6) is 11.5 Å². The van der Waals surface area contributed by atoms with E-state index in [0.717, 1.165) is 47.8 Å². The summed E-state index contributed by atoms with van der Waals surface area (Å²) in [7, 11) is 2.10. The van der Waals surface area contributed by atoms with E-state index in [1.54, 1.807) is 0 Å². The summed E-state index contributed by atoms with van der Waals surface area (Å²) >= 11 is 13.7. The zero-order valence-corrected chi connectivity index (χ0v) is 24.3. The van der Waals surface area contributed by atoms with Crippen LogP contribution in [0.4, 0.5) is 5.95 Å². The first-order valence-corrected chi connectivity index (χ1v) is 14.4. The molecule has 1 N–H and O–H groups in total. The van der Waals surface area contributed by atoms with Gasteiger partial charge in [0.05, 0.1) is 27.9 Å². The maximum atomic E-state index is 9.67. The molecule has 0 spiro atoms. The summed E-state index contributed by atoms with van der Waals surface area (Å²) in [6.07, 6.45) is 2.85. The van der Waals surface area contributed by atoms with Crippen molar-refractivity contribution in [3.63, 3.8) is 0 Å². The van der Waals surface area contributed by atoms with Gasteiger partial charge in [0, 0.05) is 30.3 Å². The van der Waals surface area contributed by atoms with Crippen molar-refractivity contribution >= 4 is 41.1 Å². The highest BCUT2D eigenvalue weighted by Gasteiger charge is 2.26. The van der Waals surface area contributed by atoms with E-state index in [0.29, 0.717) is 34.8 Å². The quantitative estimate of drug-likeness (QED) is 0.227. The number of aromatic nitrogens is 2. The predicted octanol–water partition coefficient (Wildman–Crippen LogP) is 6.20. The van der Waals surface area contributed by atoms with Crippen molar-refractivity contribution in [2.24, 2.45) is 0 Å². The molecule has 0 aliphatic carbocycles. The van der Waals surface area contributed by atoms with Gasteiger partial charge in [-0.3, -0.25) is 4.72 Å². The SMILES string of the molecule is CSNc1nc(COc2ccc(C(C)(C)c3cc(Cl)c(OCCCl)c(C#N)c3)cc2)c2c(n1)CN(C)CC2. The van der Waals surface area contributed by atoms with Crippen molar-refractivity contribution < 1.29 is 9.47 Å². The molecular formula is C28H31Cl2N5O2S. The van der Waals surface area contributed by atoms with Crippen LogP contribution in [0.25, 0.3) is 0 Å². The molecule has 10 heteroatoms. The highest BCUT2D eigenvalue weighted by molar-refractivity contribution is 7.99.